The SMILES string of the molecule is CCCC(=O)N1CC=C(c2c[nH]c3ccc(Cl)cc23)CC1. The highest BCUT2D eigenvalue weighted by Gasteiger charge is 2.18. The van der Waals surface area contributed by atoms with Crippen molar-refractivity contribution in [2.75, 3.05) is 13.1 Å². The Labute approximate surface area is 129 Å². The van der Waals surface area contributed by atoms with Crippen molar-refractivity contribution in [3.63, 3.8) is 0 Å². The summed E-state index contributed by atoms with van der Waals surface area (Å²) in [6, 6.07) is 5.89. The number of aromatic nitrogens is 1. The van der Waals surface area contributed by atoms with Gasteiger partial charge in [-0.05, 0) is 36.6 Å². The van der Waals surface area contributed by atoms with Crippen LogP contribution in [0.1, 0.15) is 31.7 Å². The van der Waals surface area contributed by atoms with Crippen LogP contribution in [0.5, 0.6) is 0 Å². The summed E-state index contributed by atoms with van der Waals surface area (Å²) in [6.07, 6.45) is 6.66. The molecule has 0 atom stereocenters. The maximum Gasteiger partial charge on any atom is 0.222 e. The van der Waals surface area contributed by atoms with Gasteiger partial charge in [0.25, 0.3) is 0 Å². The van der Waals surface area contributed by atoms with Crippen LogP contribution in [0.25, 0.3) is 16.5 Å². The van der Waals surface area contributed by atoms with E-state index in [0.29, 0.717) is 13.0 Å². The number of hydrogen-bond donors (Lipinski definition) is 1. The fourth-order valence-corrected chi connectivity index (χ4v) is 3.04. The van der Waals surface area contributed by atoms with E-state index in [1.165, 1.54) is 11.1 Å². The number of amides is 1. The number of aromatic amines is 1. The largest absolute Gasteiger partial charge is 0.361 e. The fraction of sp³-hybridized carbons (Fsp3) is 0.353. The Morgan fingerprint density at radius 1 is 1.43 bits per heavy atom. The Bertz CT molecular complexity index is 702. The zero-order valence-corrected chi connectivity index (χ0v) is 12.9. The van der Waals surface area contributed by atoms with Crippen molar-refractivity contribution in [2.45, 2.75) is 26.2 Å². The van der Waals surface area contributed by atoms with Crippen molar-refractivity contribution in [1.82, 2.24) is 9.88 Å². The van der Waals surface area contributed by atoms with Gasteiger partial charge in [-0.3, -0.25) is 4.79 Å². The molecular weight excluding hydrogens is 284 g/mol. The first kappa shape index (κ1) is 14.2. The lowest BCUT2D eigenvalue weighted by Crippen LogP contribution is -2.34. The van der Waals surface area contributed by atoms with Crippen LogP contribution in [0.4, 0.5) is 0 Å². The minimum atomic E-state index is 0.259. The summed E-state index contributed by atoms with van der Waals surface area (Å²) in [4.78, 5) is 17.1. The van der Waals surface area contributed by atoms with Crippen molar-refractivity contribution in [1.29, 1.82) is 0 Å². The Kier molecular flexibility index (Phi) is 4.02. The van der Waals surface area contributed by atoms with Gasteiger partial charge in [-0.1, -0.05) is 24.6 Å². The first-order valence-corrected chi connectivity index (χ1v) is 7.80. The Balaban J connectivity index is 1.84. The van der Waals surface area contributed by atoms with E-state index in [0.717, 1.165) is 35.3 Å². The van der Waals surface area contributed by atoms with Crippen LogP contribution in [0.2, 0.25) is 5.02 Å². The molecule has 0 saturated heterocycles. The number of fused-ring (bicyclic) bond motifs is 1. The van der Waals surface area contributed by atoms with Crippen molar-refractivity contribution < 1.29 is 4.79 Å². The van der Waals surface area contributed by atoms with Gasteiger partial charge in [-0.15, -0.1) is 0 Å². The van der Waals surface area contributed by atoms with Crippen LogP contribution in [0.3, 0.4) is 0 Å². The molecule has 2 aromatic rings. The Morgan fingerprint density at radius 3 is 3.00 bits per heavy atom. The molecule has 0 spiro atoms. The highest BCUT2D eigenvalue weighted by Crippen LogP contribution is 2.30. The summed E-state index contributed by atoms with van der Waals surface area (Å²) in [5, 5.41) is 1.90. The van der Waals surface area contributed by atoms with Crippen LogP contribution in [0, 0.1) is 0 Å². The van der Waals surface area contributed by atoms with Gasteiger partial charge in [-0.25, -0.2) is 0 Å². The maximum atomic E-state index is 11.9. The maximum absolute atomic E-state index is 11.9. The van der Waals surface area contributed by atoms with E-state index in [1.54, 1.807) is 0 Å². The van der Waals surface area contributed by atoms with E-state index in [1.807, 2.05) is 36.2 Å². The molecule has 1 aromatic carbocycles. The fourth-order valence-electron chi connectivity index (χ4n) is 2.87. The molecule has 2 heterocycles. The van der Waals surface area contributed by atoms with Gasteiger partial charge in [0.15, 0.2) is 0 Å². The normalized spacial score (nSPS) is 15.3. The second kappa shape index (κ2) is 5.94. The van der Waals surface area contributed by atoms with Crippen LogP contribution in [-0.2, 0) is 4.79 Å². The van der Waals surface area contributed by atoms with Gasteiger partial charge < -0.3 is 9.88 Å². The Morgan fingerprint density at radius 2 is 2.29 bits per heavy atom. The molecule has 1 aromatic heterocycles. The van der Waals surface area contributed by atoms with E-state index < -0.39 is 0 Å². The smallest absolute Gasteiger partial charge is 0.222 e. The third-order valence-electron chi connectivity index (χ3n) is 4.02. The number of nitrogens with zero attached hydrogens (tertiary/aromatic N) is 1. The average Bonchev–Trinajstić information content (AvgIpc) is 2.90. The van der Waals surface area contributed by atoms with Gasteiger partial charge in [-0.2, -0.15) is 0 Å². The number of H-pyrrole nitrogens is 1. The first-order valence-electron chi connectivity index (χ1n) is 7.43. The van der Waals surface area contributed by atoms with Gasteiger partial charge in [0.05, 0.1) is 0 Å². The van der Waals surface area contributed by atoms with E-state index in [-0.39, 0.29) is 5.91 Å². The zero-order chi connectivity index (χ0) is 14.8. The third kappa shape index (κ3) is 2.84. The quantitative estimate of drug-likeness (QED) is 0.904. The monoisotopic (exact) mass is 302 g/mol. The molecule has 1 amide bonds. The third-order valence-corrected chi connectivity index (χ3v) is 4.25. The van der Waals surface area contributed by atoms with Crippen molar-refractivity contribution in [2.24, 2.45) is 0 Å². The van der Waals surface area contributed by atoms with Crippen molar-refractivity contribution in [3.8, 4) is 0 Å². The topological polar surface area (TPSA) is 36.1 Å². The second-order valence-corrected chi connectivity index (χ2v) is 5.90. The molecule has 0 bridgehead atoms. The van der Waals surface area contributed by atoms with Gasteiger partial charge in [0.1, 0.15) is 0 Å². The molecule has 110 valence electrons. The number of halogens is 1. The van der Waals surface area contributed by atoms with E-state index >= 15 is 0 Å². The summed E-state index contributed by atoms with van der Waals surface area (Å²) < 4.78 is 0. The molecule has 1 aliphatic rings. The average molecular weight is 303 g/mol. The van der Waals surface area contributed by atoms with E-state index in [9.17, 15) is 4.79 Å². The minimum Gasteiger partial charge on any atom is -0.361 e. The molecule has 0 unspecified atom stereocenters. The van der Waals surface area contributed by atoms with Crippen LogP contribution >= 0.6 is 11.6 Å². The molecule has 1 aliphatic heterocycles. The number of benzene rings is 1. The molecule has 21 heavy (non-hydrogen) atoms. The molecule has 0 aliphatic carbocycles. The lowest BCUT2D eigenvalue weighted by Gasteiger charge is -2.26. The first-order chi connectivity index (χ1) is 10.2. The van der Waals surface area contributed by atoms with E-state index in [4.69, 9.17) is 11.6 Å². The second-order valence-electron chi connectivity index (χ2n) is 5.46. The minimum absolute atomic E-state index is 0.259. The number of nitrogens with one attached hydrogen (secondary N) is 1. The molecule has 0 saturated carbocycles. The molecule has 4 heteroatoms. The summed E-state index contributed by atoms with van der Waals surface area (Å²) in [6.45, 7) is 3.55. The molecule has 1 N–H and O–H groups in total. The van der Waals surface area contributed by atoms with Crippen LogP contribution in [0.15, 0.2) is 30.5 Å². The van der Waals surface area contributed by atoms with Crippen molar-refractivity contribution >= 4 is 34.0 Å². The predicted molar refractivity (Wildman–Crippen MR) is 87.4 cm³/mol. The van der Waals surface area contributed by atoms with Crippen LogP contribution < -0.4 is 0 Å². The molecule has 3 nitrogen and oxygen atoms in total. The summed E-state index contributed by atoms with van der Waals surface area (Å²) >= 11 is 6.10. The lowest BCUT2D eigenvalue weighted by atomic mass is 9.98. The number of carbonyl (C=O) groups is 1. The van der Waals surface area contributed by atoms with Gasteiger partial charge in [0, 0.05) is 47.2 Å². The number of hydrogen-bond acceptors (Lipinski definition) is 1. The predicted octanol–water partition coefficient (Wildman–Crippen LogP) is 4.24. The van der Waals surface area contributed by atoms with E-state index in [2.05, 4.69) is 11.1 Å². The summed E-state index contributed by atoms with van der Waals surface area (Å²) in [7, 11) is 0. The summed E-state index contributed by atoms with van der Waals surface area (Å²) in [5.41, 5.74) is 3.60. The number of carbonyl (C=O) groups excluding carboxylic acids is 1. The molecule has 0 fully saturated rings. The molecular formula is C17H19ClN2O. The molecule has 0 radical (unpaired) electrons. The highest BCUT2D eigenvalue weighted by molar-refractivity contribution is 6.31. The molecule has 3 rings (SSSR count). The number of rotatable bonds is 3. The summed E-state index contributed by atoms with van der Waals surface area (Å²) in [5.74, 6) is 0.259. The highest BCUT2D eigenvalue weighted by atomic mass is 35.5. The zero-order valence-electron chi connectivity index (χ0n) is 12.2. The Hall–Kier alpha value is -1.74. The van der Waals surface area contributed by atoms with Gasteiger partial charge >= 0.3 is 0 Å². The van der Waals surface area contributed by atoms with Gasteiger partial charge in [0.2, 0.25) is 5.91 Å². The van der Waals surface area contributed by atoms with Crippen LogP contribution in [-0.4, -0.2) is 28.9 Å². The lowest BCUT2D eigenvalue weighted by molar-refractivity contribution is -0.130. The van der Waals surface area contributed by atoms with Crippen molar-refractivity contribution in [3.05, 3.63) is 41.1 Å². The standard InChI is InChI=1S/C17H19ClN2O/c1-2-3-17(21)20-8-6-12(7-9-20)15-11-19-16-5-4-13(18)10-14(15)16/h4-6,10-11,19H,2-3,7-9H2,1H3.